The van der Waals surface area contributed by atoms with Crippen LogP contribution in [0.3, 0.4) is 0 Å². The van der Waals surface area contributed by atoms with Gasteiger partial charge in [-0.15, -0.1) is 0 Å². The van der Waals surface area contributed by atoms with Crippen molar-refractivity contribution < 1.29 is 14.3 Å². The number of aryl methyl sites for hydroxylation is 1. The molecule has 27 heavy (non-hydrogen) atoms. The molecule has 2 aromatic rings. The molecule has 0 aliphatic rings. The normalized spacial score (nSPS) is 11.6. The average Bonchev–Trinajstić information content (AvgIpc) is 2.71. The number of hydrogen-bond acceptors (Lipinski definition) is 3. The molecule has 0 fully saturated rings. The van der Waals surface area contributed by atoms with Gasteiger partial charge in [0.1, 0.15) is 0 Å². The SMILES string of the molecule is CCC(NC(=O)CCCC(=O)OCCCc1ccccc1)c1ccccc1. The number of carbonyl (C=O) groups excluding carboxylic acids is 2. The van der Waals surface area contributed by atoms with Crippen LogP contribution in [0.15, 0.2) is 60.7 Å². The minimum Gasteiger partial charge on any atom is -0.466 e. The minimum atomic E-state index is -0.231. The molecule has 1 N–H and O–H groups in total. The molecule has 0 saturated heterocycles. The van der Waals surface area contributed by atoms with Gasteiger partial charge in [0.15, 0.2) is 0 Å². The van der Waals surface area contributed by atoms with Gasteiger partial charge in [-0.3, -0.25) is 9.59 Å². The van der Waals surface area contributed by atoms with Gasteiger partial charge in [0, 0.05) is 12.8 Å². The fourth-order valence-electron chi connectivity index (χ4n) is 2.95. The average molecular weight is 367 g/mol. The summed E-state index contributed by atoms with van der Waals surface area (Å²) in [5.41, 5.74) is 2.35. The first kappa shape index (κ1) is 20.7. The smallest absolute Gasteiger partial charge is 0.305 e. The number of hydrogen-bond donors (Lipinski definition) is 1. The third-order valence-electron chi connectivity index (χ3n) is 4.45. The van der Waals surface area contributed by atoms with Crippen LogP contribution in [-0.2, 0) is 20.7 Å². The van der Waals surface area contributed by atoms with Gasteiger partial charge < -0.3 is 10.1 Å². The van der Waals surface area contributed by atoms with E-state index in [9.17, 15) is 9.59 Å². The molecule has 4 nitrogen and oxygen atoms in total. The molecule has 0 saturated carbocycles. The molecular formula is C23H29NO3. The summed E-state index contributed by atoms with van der Waals surface area (Å²) >= 11 is 0. The van der Waals surface area contributed by atoms with E-state index in [1.54, 1.807) is 0 Å². The largest absolute Gasteiger partial charge is 0.466 e. The topological polar surface area (TPSA) is 55.4 Å². The van der Waals surface area contributed by atoms with Gasteiger partial charge in [-0.25, -0.2) is 0 Å². The maximum Gasteiger partial charge on any atom is 0.305 e. The van der Waals surface area contributed by atoms with Crippen LogP contribution < -0.4 is 5.32 Å². The van der Waals surface area contributed by atoms with E-state index in [-0.39, 0.29) is 24.3 Å². The molecule has 1 amide bonds. The second kappa shape index (κ2) is 11.9. The predicted octanol–water partition coefficient (Wildman–Crippen LogP) is 4.60. The lowest BCUT2D eigenvalue weighted by Crippen LogP contribution is -2.28. The third kappa shape index (κ3) is 8.07. The zero-order valence-electron chi connectivity index (χ0n) is 16.0. The van der Waals surface area contributed by atoms with E-state index in [2.05, 4.69) is 17.4 Å². The zero-order valence-corrected chi connectivity index (χ0v) is 16.0. The summed E-state index contributed by atoms with van der Waals surface area (Å²) < 4.78 is 5.25. The Bertz CT molecular complexity index is 685. The summed E-state index contributed by atoms with van der Waals surface area (Å²) in [6.45, 7) is 2.47. The van der Waals surface area contributed by atoms with Gasteiger partial charge in [0.2, 0.25) is 5.91 Å². The van der Waals surface area contributed by atoms with Gasteiger partial charge in [-0.2, -0.15) is 0 Å². The molecule has 4 heteroatoms. The standard InChI is InChI=1S/C23H29NO3/c1-2-21(20-14-7-4-8-15-20)24-22(25)16-9-17-23(26)27-18-10-13-19-11-5-3-6-12-19/h3-8,11-12,14-15,21H,2,9-10,13,16-18H2,1H3,(H,24,25). The van der Waals surface area contributed by atoms with Crippen LogP contribution in [0, 0.1) is 0 Å². The number of rotatable bonds is 11. The van der Waals surface area contributed by atoms with E-state index >= 15 is 0 Å². The Morgan fingerprint density at radius 2 is 1.59 bits per heavy atom. The van der Waals surface area contributed by atoms with E-state index in [1.165, 1.54) is 5.56 Å². The van der Waals surface area contributed by atoms with Crippen molar-refractivity contribution in [1.29, 1.82) is 0 Å². The molecule has 2 aromatic carbocycles. The Morgan fingerprint density at radius 1 is 0.926 bits per heavy atom. The fraction of sp³-hybridized carbons (Fsp3) is 0.391. The van der Waals surface area contributed by atoms with E-state index < -0.39 is 0 Å². The molecule has 0 aromatic heterocycles. The number of benzene rings is 2. The number of ether oxygens (including phenoxy) is 1. The van der Waals surface area contributed by atoms with Crippen LogP contribution in [0.1, 0.15) is 56.2 Å². The van der Waals surface area contributed by atoms with Gasteiger partial charge in [0.25, 0.3) is 0 Å². The number of amides is 1. The van der Waals surface area contributed by atoms with E-state index in [0.29, 0.717) is 19.4 Å². The molecule has 1 unspecified atom stereocenters. The molecule has 0 radical (unpaired) electrons. The maximum absolute atomic E-state index is 12.1. The van der Waals surface area contributed by atoms with Crippen LogP contribution in [0.5, 0.6) is 0 Å². The molecule has 0 aliphatic carbocycles. The predicted molar refractivity (Wildman–Crippen MR) is 107 cm³/mol. The first-order chi connectivity index (χ1) is 13.2. The van der Waals surface area contributed by atoms with Crippen molar-refractivity contribution in [1.82, 2.24) is 5.32 Å². The van der Waals surface area contributed by atoms with E-state index in [1.807, 2.05) is 55.5 Å². The monoisotopic (exact) mass is 367 g/mol. The zero-order chi connectivity index (χ0) is 19.3. The van der Waals surface area contributed by atoms with E-state index in [4.69, 9.17) is 4.74 Å². The Hall–Kier alpha value is -2.62. The van der Waals surface area contributed by atoms with Crippen LogP contribution in [0.25, 0.3) is 0 Å². The maximum atomic E-state index is 12.1. The molecule has 2 rings (SSSR count). The van der Waals surface area contributed by atoms with E-state index in [0.717, 1.165) is 24.8 Å². The molecule has 0 bridgehead atoms. The molecule has 0 heterocycles. The second-order valence-corrected chi connectivity index (χ2v) is 6.60. The lowest BCUT2D eigenvalue weighted by atomic mass is 10.0. The van der Waals surface area contributed by atoms with Crippen molar-refractivity contribution in [2.24, 2.45) is 0 Å². The fourth-order valence-corrected chi connectivity index (χ4v) is 2.95. The Balaban J connectivity index is 1.58. The number of nitrogens with one attached hydrogen (secondary N) is 1. The second-order valence-electron chi connectivity index (χ2n) is 6.60. The van der Waals surface area contributed by atoms with Crippen molar-refractivity contribution in [3.05, 3.63) is 71.8 Å². The first-order valence-electron chi connectivity index (χ1n) is 9.73. The summed E-state index contributed by atoms with van der Waals surface area (Å²) in [7, 11) is 0. The molecular weight excluding hydrogens is 338 g/mol. The van der Waals surface area contributed by atoms with Crippen molar-refractivity contribution in [3.8, 4) is 0 Å². The molecule has 1 atom stereocenters. The van der Waals surface area contributed by atoms with Gasteiger partial charge in [-0.1, -0.05) is 67.6 Å². The lowest BCUT2D eigenvalue weighted by Gasteiger charge is -2.17. The highest BCUT2D eigenvalue weighted by Crippen LogP contribution is 2.16. The summed E-state index contributed by atoms with van der Waals surface area (Å²) in [4.78, 5) is 23.9. The van der Waals surface area contributed by atoms with Crippen molar-refractivity contribution in [2.45, 2.75) is 51.5 Å². The van der Waals surface area contributed by atoms with Crippen molar-refractivity contribution in [3.63, 3.8) is 0 Å². The summed E-state index contributed by atoms with van der Waals surface area (Å²) in [5.74, 6) is -0.256. The van der Waals surface area contributed by atoms with Gasteiger partial charge in [0.05, 0.1) is 12.6 Å². The number of esters is 1. The quantitative estimate of drug-likeness (QED) is 0.466. The summed E-state index contributed by atoms with van der Waals surface area (Å²) in [6, 6.07) is 20.1. The highest BCUT2D eigenvalue weighted by Gasteiger charge is 2.13. The lowest BCUT2D eigenvalue weighted by molar-refractivity contribution is -0.143. The van der Waals surface area contributed by atoms with Gasteiger partial charge in [-0.05, 0) is 36.8 Å². The van der Waals surface area contributed by atoms with Gasteiger partial charge >= 0.3 is 5.97 Å². The van der Waals surface area contributed by atoms with Crippen LogP contribution >= 0.6 is 0 Å². The summed E-state index contributed by atoms with van der Waals surface area (Å²) in [5, 5.41) is 3.04. The number of carbonyl (C=O) groups is 2. The molecule has 0 spiro atoms. The van der Waals surface area contributed by atoms with Crippen LogP contribution in [0.4, 0.5) is 0 Å². The highest BCUT2D eigenvalue weighted by molar-refractivity contribution is 5.77. The molecule has 144 valence electrons. The summed E-state index contributed by atoms with van der Waals surface area (Å²) in [6.07, 6.45) is 3.66. The van der Waals surface area contributed by atoms with Crippen molar-refractivity contribution >= 4 is 11.9 Å². The Kier molecular flexibility index (Phi) is 9.11. The Morgan fingerprint density at radius 3 is 2.26 bits per heavy atom. The first-order valence-corrected chi connectivity index (χ1v) is 9.73. The van der Waals surface area contributed by atoms with Crippen LogP contribution in [0.2, 0.25) is 0 Å². The molecule has 0 aliphatic heterocycles. The van der Waals surface area contributed by atoms with Crippen molar-refractivity contribution in [2.75, 3.05) is 6.61 Å². The third-order valence-corrected chi connectivity index (χ3v) is 4.45. The van der Waals surface area contributed by atoms with Crippen LogP contribution in [-0.4, -0.2) is 18.5 Å². The minimum absolute atomic E-state index is 0.0173. The highest BCUT2D eigenvalue weighted by atomic mass is 16.5. The Labute approximate surface area is 161 Å².